The van der Waals surface area contributed by atoms with Crippen molar-refractivity contribution in [3.05, 3.63) is 0 Å². The summed E-state index contributed by atoms with van der Waals surface area (Å²) in [4.78, 5) is 10.3. The molecule has 0 spiro atoms. The first-order chi connectivity index (χ1) is 6.45. The molecule has 0 aromatic rings. The number of aliphatic hydroxyl groups is 1. The molecule has 0 aliphatic heterocycles. The Morgan fingerprint density at radius 3 is 2.00 bits per heavy atom. The third-order valence-electron chi connectivity index (χ3n) is 1.21. The number of rotatable bonds is 7. The van der Waals surface area contributed by atoms with Crippen molar-refractivity contribution < 1.29 is 15.0 Å². The normalized spacial score (nSPS) is 14.7. The number of nitrogens with two attached hydrogens (primary N) is 2. The Bertz CT molecular complexity index is 195. The molecule has 8 heteroatoms. The molecular weight excluding hydrogens is 291 g/mol. The van der Waals surface area contributed by atoms with Gasteiger partial charge in [0.2, 0.25) is 0 Å². The van der Waals surface area contributed by atoms with Gasteiger partial charge in [0.1, 0.15) is 0 Å². The molecule has 0 aromatic carbocycles. The van der Waals surface area contributed by atoms with Crippen LogP contribution in [0.25, 0.3) is 0 Å². The van der Waals surface area contributed by atoms with Crippen LogP contribution in [-0.2, 0) is 4.79 Å². The maximum absolute atomic E-state index is 10.3. The summed E-state index contributed by atoms with van der Waals surface area (Å²) in [7, 11) is 2.71. The molecule has 6 N–H and O–H groups in total. The summed E-state index contributed by atoms with van der Waals surface area (Å²) in [5, 5.41) is 17.4. The summed E-state index contributed by atoms with van der Waals surface area (Å²) in [5.74, 6) is -0.183. The predicted molar refractivity (Wildman–Crippen MR) is 61.2 cm³/mol. The first-order valence-corrected chi connectivity index (χ1v) is 7.00. The Labute approximate surface area is 97.7 Å². The van der Waals surface area contributed by atoms with Crippen LogP contribution in [0.2, 0.25) is 0 Å². The fourth-order valence-corrected chi connectivity index (χ4v) is 3.04. The van der Waals surface area contributed by atoms with E-state index in [2.05, 4.69) is 15.6 Å². The molecule has 0 amide bonds. The van der Waals surface area contributed by atoms with Crippen LogP contribution in [0.15, 0.2) is 0 Å². The van der Waals surface area contributed by atoms with Gasteiger partial charge in [0.25, 0.3) is 0 Å². The number of hydrogen-bond acceptors (Lipinski definition) is 6. The van der Waals surface area contributed by atoms with Gasteiger partial charge in [-0.05, 0) is 0 Å². The standard InChI is InChI=1S/C6H12N2O3S2Se/c7-3(5(9)10)1-12-13-2-4(8)6(11)14/h3-4H,1-2,7-8H2,(H,9,10)(H,11,14)/t3-,4-/m0/s1. The number of carbonyl (C=O) groups is 1. The van der Waals surface area contributed by atoms with E-state index in [0.717, 1.165) is 0 Å². The van der Waals surface area contributed by atoms with Gasteiger partial charge >= 0.3 is 97.8 Å². The molecule has 0 rings (SSSR count). The molecule has 0 aliphatic rings. The van der Waals surface area contributed by atoms with Crippen LogP contribution < -0.4 is 11.5 Å². The SMILES string of the molecule is N[C@@H](CSSC[C@H](N)C(O)=[Se])C(=O)O. The first-order valence-electron chi connectivity index (χ1n) is 3.66. The topological polar surface area (TPSA) is 110 Å². The molecule has 0 saturated carbocycles. The molecule has 0 saturated heterocycles. The van der Waals surface area contributed by atoms with E-state index in [1.165, 1.54) is 21.6 Å². The molecule has 5 nitrogen and oxygen atoms in total. The maximum atomic E-state index is 10.3. The van der Waals surface area contributed by atoms with Crippen LogP contribution in [0.5, 0.6) is 0 Å². The minimum absolute atomic E-state index is 0.0561. The third kappa shape index (κ3) is 6.69. The number of carboxylic acid groups (broad SMARTS) is 1. The predicted octanol–water partition coefficient (Wildman–Crippen LogP) is -1.22. The molecule has 14 heavy (non-hydrogen) atoms. The molecule has 0 aromatic heterocycles. The first kappa shape index (κ1) is 14.3. The zero-order chi connectivity index (χ0) is 11.1. The Kier molecular flexibility index (Phi) is 7.71. The van der Waals surface area contributed by atoms with Crippen LogP contribution in [0, 0.1) is 0 Å². The summed E-state index contributed by atoms with van der Waals surface area (Å²) >= 11 is 2.41. The second-order valence-electron chi connectivity index (χ2n) is 2.46. The van der Waals surface area contributed by atoms with Gasteiger partial charge in [-0.15, -0.1) is 0 Å². The summed E-state index contributed by atoms with van der Waals surface area (Å²) in [6.45, 7) is 0. The molecule has 0 radical (unpaired) electrons. The van der Waals surface area contributed by atoms with Crippen LogP contribution in [0.3, 0.4) is 0 Å². The van der Waals surface area contributed by atoms with Gasteiger partial charge in [0, 0.05) is 0 Å². The monoisotopic (exact) mass is 304 g/mol. The average molecular weight is 303 g/mol. The van der Waals surface area contributed by atoms with Crippen molar-refractivity contribution in [3.63, 3.8) is 0 Å². The summed E-state index contributed by atoms with van der Waals surface area (Å²) < 4.78 is 0.0561. The van der Waals surface area contributed by atoms with Gasteiger partial charge in [-0.25, -0.2) is 0 Å². The van der Waals surface area contributed by atoms with E-state index in [1.807, 2.05) is 0 Å². The Morgan fingerprint density at radius 2 is 1.64 bits per heavy atom. The Hall–Kier alpha value is 0.279. The van der Waals surface area contributed by atoms with Crippen LogP contribution >= 0.6 is 21.6 Å². The van der Waals surface area contributed by atoms with Crippen molar-refractivity contribution in [2.45, 2.75) is 12.1 Å². The molecule has 0 heterocycles. The van der Waals surface area contributed by atoms with Crippen LogP contribution in [0.1, 0.15) is 0 Å². The van der Waals surface area contributed by atoms with Gasteiger partial charge < -0.3 is 0 Å². The zero-order valence-electron chi connectivity index (χ0n) is 7.25. The van der Waals surface area contributed by atoms with Crippen molar-refractivity contribution >= 4 is 47.7 Å². The zero-order valence-corrected chi connectivity index (χ0v) is 10.6. The summed E-state index contributed by atoms with van der Waals surface area (Å²) in [6, 6.07) is -1.27. The average Bonchev–Trinajstić information content (AvgIpc) is 2.11. The summed E-state index contributed by atoms with van der Waals surface area (Å²) in [6.07, 6.45) is 0. The van der Waals surface area contributed by atoms with Gasteiger partial charge in [0.15, 0.2) is 0 Å². The van der Waals surface area contributed by atoms with E-state index < -0.39 is 18.1 Å². The number of carboxylic acids is 1. The van der Waals surface area contributed by atoms with Gasteiger partial charge in [-0.2, -0.15) is 0 Å². The van der Waals surface area contributed by atoms with E-state index >= 15 is 0 Å². The van der Waals surface area contributed by atoms with E-state index in [0.29, 0.717) is 11.5 Å². The van der Waals surface area contributed by atoms with Crippen molar-refractivity contribution in [2.75, 3.05) is 11.5 Å². The van der Waals surface area contributed by atoms with Crippen molar-refractivity contribution in [3.8, 4) is 0 Å². The minimum atomic E-state index is -1.01. The van der Waals surface area contributed by atoms with Gasteiger partial charge in [-0.3, -0.25) is 0 Å². The quantitative estimate of drug-likeness (QED) is 0.265. The van der Waals surface area contributed by atoms with E-state index in [1.54, 1.807) is 0 Å². The molecular formula is C6H12N2O3S2Se. The molecule has 0 aliphatic carbocycles. The van der Waals surface area contributed by atoms with Crippen molar-refractivity contribution in [2.24, 2.45) is 11.5 Å². The molecule has 0 fully saturated rings. The van der Waals surface area contributed by atoms with Crippen molar-refractivity contribution in [1.29, 1.82) is 0 Å². The number of hydrogen-bond donors (Lipinski definition) is 4. The molecule has 2 atom stereocenters. The second kappa shape index (κ2) is 7.56. The number of aliphatic hydroxyl groups excluding tert-OH is 1. The molecule has 82 valence electrons. The van der Waals surface area contributed by atoms with E-state index in [-0.39, 0.29) is 4.60 Å². The second-order valence-corrected chi connectivity index (χ2v) is 5.89. The van der Waals surface area contributed by atoms with Gasteiger partial charge in [-0.1, -0.05) is 0 Å². The van der Waals surface area contributed by atoms with E-state index in [4.69, 9.17) is 21.7 Å². The van der Waals surface area contributed by atoms with Gasteiger partial charge in [0.05, 0.1) is 0 Å². The van der Waals surface area contributed by atoms with E-state index in [9.17, 15) is 4.79 Å². The number of aliphatic carboxylic acids is 1. The summed E-state index contributed by atoms with van der Waals surface area (Å²) in [5.41, 5.74) is 10.8. The van der Waals surface area contributed by atoms with Crippen LogP contribution in [-0.4, -0.2) is 60.0 Å². The fourth-order valence-electron chi connectivity index (χ4n) is 0.385. The molecule has 0 bridgehead atoms. The van der Waals surface area contributed by atoms with Crippen LogP contribution in [0.4, 0.5) is 0 Å². The fraction of sp³-hybridized carbons (Fsp3) is 0.667. The molecule has 0 unspecified atom stereocenters. The Morgan fingerprint density at radius 1 is 1.21 bits per heavy atom. The Balaban J connectivity index is 3.47. The van der Waals surface area contributed by atoms with Crippen molar-refractivity contribution in [1.82, 2.24) is 0 Å². The third-order valence-corrected chi connectivity index (χ3v) is 4.32.